The predicted molar refractivity (Wildman–Crippen MR) is 71.9 cm³/mol. The monoisotopic (exact) mass is 259 g/mol. The molecular formula is C14H17N3O2. The summed E-state index contributed by atoms with van der Waals surface area (Å²) in [6.07, 6.45) is 1.59. The highest BCUT2D eigenvalue weighted by atomic mass is 16.4. The second-order valence-electron chi connectivity index (χ2n) is 5.19. The maximum Gasteiger partial charge on any atom is 0.331 e. The molecule has 1 heterocycles. The van der Waals surface area contributed by atoms with E-state index in [0.29, 0.717) is 5.69 Å². The Labute approximate surface area is 111 Å². The Morgan fingerprint density at radius 1 is 1.26 bits per heavy atom. The minimum atomic E-state index is -1.13. The lowest BCUT2D eigenvalue weighted by molar-refractivity contribution is -0.146. The highest BCUT2D eigenvalue weighted by Crippen LogP contribution is 2.26. The van der Waals surface area contributed by atoms with Gasteiger partial charge in [0.05, 0.1) is 11.9 Å². The molecule has 5 heteroatoms. The summed E-state index contributed by atoms with van der Waals surface area (Å²) in [5, 5.41) is 17.1. The third-order valence-corrected chi connectivity index (χ3v) is 3.40. The number of benzene rings is 1. The van der Waals surface area contributed by atoms with E-state index in [-0.39, 0.29) is 0 Å². The van der Waals surface area contributed by atoms with Crippen LogP contribution in [0.1, 0.15) is 25.0 Å². The number of aliphatic carboxylic acids is 1. The van der Waals surface area contributed by atoms with Gasteiger partial charge in [0, 0.05) is 5.56 Å². The molecule has 0 atom stereocenters. The average Bonchev–Trinajstić information content (AvgIpc) is 2.82. The Hall–Kier alpha value is -2.17. The van der Waals surface area contributed by atoms with Crippen molar-refractivity contribution in [2.45, 2.75) is 33.2 Å². The molecule has 2 rings (SSSR count). The smallest absolute Gasteiger partial charge is 0.331 e. The lowest BCUT2D eigenvalue weighted by Gasteiger charge is -2.21. The standard InChI is InChI=1S/C14H17N3O2/c1-9-5-6-11(7-10(9)2)12-8-15-16-17(12)14(3,4)13(18)19/h5-8H,1-4H3,(H,18,19). The fraction of sp³-hybridized carbons (Fsp3) is 0.357. The van der Waals surface area contributed by atoms with Crippen LogP contribution in [0.15, 0.2) is 24.4 Å². The van der Waals surface area contributed by atoms with Crippen molar-refractivity contribution in [3.05, 3.63) is 35.5 Å². The van der Waals surface area contributed by atoms with Crippen LogP contribution >= 0.6 is 0 Å². The summed E-state index contributed by atoms with van der Waals surface area (Å²) < 4.78 is 1.44. The van der Waals surface area contributed by atoms with E-state index in [4.69, 9.17) is 0 Å². The van der Waals surface area contributed by atoms with Gasteiger partial charge in [-0.15, -0.1) is 5.10 Å². The zero-order valence-corrected chi connectivity index (χ0v) is 11.5. The molecule has 0 fully saturated rings. The van der Waals surface area contributed by atoms with Crippen LogP contribution in [-0.4, -0.2) is 26.1 Å². The van der Waals surface area contributed by atoms with Crippen LogP contribution < -0.4 is 0 Å². The first kappa shape index (κ1) is 13.3. The normalized spacial score (nSPS) is 11.6. The van der Waals surface area contributed by atoms with Gasteiger partial charge in [-0.25, -0.2) is 9.48 Å². The summed E-state index contributed by atoms with van der Waals surface area (Å²) in [5.74, 6) is -0.942. The van der Waals surface area contributed by atoms with Crippen molar-refractivity contribution >= 4 is 5.97 Å². The minimum absolute atomic E-state index is 0.704. The lowest BCUT2D eigenvalue weighted by Crippen LogP contribution is -2.37. The number of hydrogen-bond donors (Lipinski definition) is 1. The van der Waals surface area contributed by atoms with E-state index < -0.39 is 11.5 Å². The molecule has 0 spiro atoms. The summed E-state index contributed by atoms with van der Waals surface area (Å²) in [5.41, 5.74) is 2.83. The summed E-state index contributed by atoms with van der Waals surface area (Å²) in [6, 6.07) is 5.98. The molecule has 5 nitrogen and oxygen atoms in total. The molecule has 0 amide bonds. The second kappa shape index (κ2) is 4.50. The van der Waals surface area contributed by atoms with Crippen LogP contribution in [0.3, 0.4) is 0 Å². The van der Waals surface area contributed by atoms with Gasteiger partial charge in [0.25, 0.3) is 0 Å². The molecule has 1 N–H and O–H groups in total. The molecule has 0 saturated carbocycles. The molecule has 0 unspecified atom stereocenters. The first-order valence-corrected chi connectivity index (χ1v) is 6.06. The number of aryl methyl sites for hydroxylation is 2. The molecule has 0 saturated heterocycles. The fourth-order valence-electron chi connectivity index (χ4n) is 1.84. The maximum absolute atomic E-state index is 11.3. The van der Waals surface area contributed by atoms with Crippen LogP contribution in [0, 0.1) is 13.8 Å². The number of rotatable bonds is 3. The zero-order chi connectivity index (χ0) is 14.2. The molecular weight excluding hydrogens is 242 g/mol. The number of carboxylic acid groups (broad SMARTS) is 1. The zero-order valence-electron chi connectivity index (χ0n) is 11.5. The molecule has 2 aromatic rings. The summed E-state index contributed by atoms with van der Waals surface area (Å²) in [6.45, 7) is 7.27. The van der Waals surface area contributed by atoms with E-state index in [9.17, 15) is 9.90 Å². The number of nitrogens with zero attached hydrogens (tertiary/aromatic N) is 3. The van der Waals surface area contributed by atoms with Crippen LogP contribution in [-0.2, 0) is 10.3 Å². The first-order chi connectivity index (χ1) is 8.84. The molecule has 0 aliphatic rings. The van der Waals surface area contributed by atoms with Gasteiger partial charge in [-0.05, 0) is 44.9 Å². The van der Waals surface area contributed by atoms with Gasteiger partial charge in [-0.2, -0.15) is 0 Å². The van der Waals surface area contributed by atoms with E-state index in [1.165, 1.54) is 10.2 Å². The van der Waals surface area contributed by atoms with Gasteiger partial charge >= 0.3 is 5.97 Å². The third-order valence-electron chi connectivity index (χ3n) is 3.40. The Balaban J connectivity index is 2.56. The molecule has 0 bridgehead atoms. The third kappa shape index (κ3) is 2.23. The van der Waals surface area contributed by atoms with Gasteiger partial charge in [-0.1, -0.05) is 17.3 Å². The van der Waals surface area contributed by atoms with Gasteiger partial charge in [-0.3, -0.25) is 0 Å². The van der Waals surface area contributed by atoms with Gasteiger partial charge in [0.1, 0.15) is 0 Å². The van der Waals surface area contributed by atoms with E-state index >= 15 is 0 Å². The Morgan fingerprint density at radius 3 is 2.53 bits per heavy atom. The number of carbonyl (C=O) groups is 1. The summed E-state index contributed by atoms with van der Waals surface area (Å²) >= 11 is 0. The minimum Gasteiger partial charge on any atom is -0.479 e. The van der Waals surface area contributed by atoms with E-state index in [1.807, 2.05) is 32.0 Å². The van der Waals surface area contributed by atoms with Gasteiger partial charge in [0.15, 0.2) is 5.54 Å². The largest absolute Gasteiger partial charge is 0.479 e. The molecule has 100 valence electrons. The van der Waals surface area contributed by atoms with Crippen LogP contribution in [0.2, 0.25) is 0 Å². The molecule has 1 aromatic carbocycles. The number of carboxylic acids is 1. The fourth-order valence-corrected chi connectivity index (χ4v) is 1.84. The highest BCUT2D eigenvalue weighted by molar-refractivity contribution is 5.77. The maximum atomic E-state index is 11.3. The Morgan fingerprint density at radius 2 is 1.95 bits per heavy atom. The molecule has 0 radical (unpaired) electrons. The predicted octanol–water partition coefficient (Wildman–Crippen LogP) is 2.38. The first-order valence-electron chi connectivity index (χ1n) is 6.06. The van der Waals surface area contributed by atoms with Crippen LogP contribution in [0.4, 0.5) is 0 Å². The molecule has 19 heavy (non-hydrogen) atoms. The molecule has 0 aliphatic heterocycles. The van der Waals surface area contributed by atoms with Crippen molar-refractivity contribution in [1.82, 2.24) is 15.0 Å². The summed E-state index contributed by atoms with van der Waals surface area (Å²) in [4.78, 5) is 11.3. The lowest BCUT2D eigenvalue weighted by atomic mass is 10.0. The van der Waals surface area contributed by atoms with Crippen LogP contribution in [0.25, 0.3) is 11.3 Å². The number of aromatic nitrogens is 3. The Kier molecular flexibility index (Phi) is 3.14. The highest BCUT2D eigenvalue weighted by Gasteiger charge is 2.32. The van der Waals surface area contributed by atoms with E-state index in [0.717, 1.165) is 11.1 Å². The van der Waals surface area contributed by atoms with E-state index in [2.05, 4.69) is 10.3 Å². The summed E-state index contributed by atoms with van der Waals surface area (Å²) in [7, 11) is 0. The molecule has 1 aromatic heterocycles. The van der Waals surface area contributed by atoms with Crippen molar-refractivity contribution < 1.29 is 9.90 Å². The quantitative estimate of drug-likeness (QED) is 0.918. The Bertz CT molecular complexity index is 629. The molecule has 0 aliphatic carbocycles. The number of hydrogen-bond acceptors (Lipinski definition) is 3. The second-order valence-corrected chi connectivity index (χ2v) is 5.19. The van der Waals surface area contributed by atoms with Crippen molar-refractivity contribution in [2.24, 2.45) is 0 Å². The topological polar surface area (TPSA) is 68.0 Å². The average molecular weight is 259 g/mol. The SMILES string of the molecule is Cc1ccc(-c2cnnn2C(C)(C)C(=O)O)cc1C. The van der Waals surface area contributed by atoms with Crippen molar-refractivity contribution in [3.63, 3.8) is 0 Å². The van der Waals surface area contributed by atoms with Crippen LogP contribution in [0.5, 0.6) is 0 Å². The van der Waals surface area contributed by atoms with Crippen molar-refractivity contribution in [1.29, 1.82) is 0 Å². The van der Waals surface area contributed by atoms with Gasteiger partial charge in [0.2, 0.25) is 0 Å². The van der Waals surface area contributed by atoms with Crippen molar-refractivity contribution in [2.75, 3.05) is 0 Å². The van der Waals surface area contributed by atoms with Crippen molar-refractivity contribution in [3.8, 4) is 11.3 Å². The van der Waals surface area contributed by atoms with E-state index in [1.54, 1.807) is 20.0 Å². The van der Waals surface area contributed by atoms with Gasteiger partial charge < -0.3 is 5.11 Å².